The van der Waals surface area contributed by atoms with Crippen molar-refractivity contribution in [3.63, 3.8) is 0 Å². The first-order valence-electron chi connectivity index (χ1n) is 5.89. The smallest absolute Gasteiger partial charge is 0.237 e. The first kappa shape index (κ1) is 11.4. The zero-order valence-electron chi connectivity index (χ0n) is 9.87. The largest absolute Gasteiger partial charge is 0.301 e. The lowest BCUT2D eigenvalue weighted by Gasteiger charge is -2.19. The summed E-state index contributed by atoms with van der Waals surface area (Å²) in [5.41, 5.74) is 3.28. The minimum Gasteiger partial charge on any atom is -0.301 e. The molecule has 0 spiro atoms. The summed E-state index contributed by atoms with van der Waals surface area (Å²) < 4.78 is 0. The molecule has 1 amide bonds. The quantitative estimate of drug-likeness (QED) is 0.820. The van der Waals surface area contributed by atoms with Gasteiger partial charge in [0.05, 0.1) is 17.3 Å². The molecule has 2 aromatic carbocycles. The van der Waals surface area contributed by atoms with Crippen molar-refractivity contribution >= 4 is 23.4 Å². The van der Waals surface area contributed by atoms with Crippen molar-refractivity contribution in [3.05, 3.63) is 54.6 Å². The van der Waals surface area contributed by atoms with Gasteiger partial charge in [-0.05, 0) is 11.6 Å². The maximum atomic E-state index is 11.9. The minimum absolute atomic E-state index is 0.198. The van der Waals surface area contributed by atoms with Crippen LogP contribution in [0.1, 0.15) is 0 Å². The van der Waals surface area contributed by atoms with Crippen molar-refractivity contribution in [3.8, 4) is 11.1 Å². The predicted octanol–water partition coefficient (Wildman–Crippen LogP) is 3.39. The molecular weight excluding hydrogens is 242 g/mol. The van der Waals surface area contributed by atoms with Crippen LogP contribution >= 0.6 is 11.8 Å². The van der Waals surface area contributed by atoms with Gasteiger partial charge in [-0.3, -0.25) is 4.79 Å². The fraction of sp³-hybridized carbons (Fsp3) is 0.133. The van der Waals surface area contributed by atoms with Gasteiger partial charge in [0.25, 0.3) is 0 Å². The van der Waals surface area contributed by atoms with Gasteiger partial charge in [0.1, 0.15) is 0 Å². The van der Waals surface area contributed by atoms with Crippen LogP contribution in [0.25, 0.3) is 11.1 Å². The highest BCUT2D eigenvalue weighted by Crippen LogP contribution is 2.33. The standard InChI is InChI=1S/C15H13NOS/c17-15-10-18-11-16(15)14-9-5-4-8-13(14)12-6-2-1-3-7-12/h1-9H,10-11H2. The summed E-state index contributed by atoms with van der Waals surface area (Å²) in [6.45, 7) is 0. The highest BCUT2D eigenvalue weighted by atomic mass is 32.2. The molecule has 0 bridgehead atoms. The van der Waals surface area contributed by atoms with E-state index >= 15 is 0 Å². The van der Waals surface area contributed by atoms with Gasteiger partial charge in [-0.15, -0.1) is 11.8 Å². The summed E-state index contributed by atoms with van der Waals surface area (Å²) >= 11 is 1.67. The Labute approximate surface area is 111 Å². The Morgan fingerprint density at radius 1 is 0.944 bits per heavy atom. The van der Waals surface area contributed by atoms with Crippen LogP contribution in [0, 0.1) is 0 Å². The number of nitrogens with zero attached hydrogens (tertiary/aromatic N) is 1. The first-order valence-corrected chi connectivity index (χ1v) is 7.04. The summed E-state index contributed by atoms with van der Waals surface area (Å²) in [6, 6.07) is 18.3. The number of carbonyl (C=O) groups excluding carboxylic acids is 1. The molecule has 90 valence electrons. The topological polar surface area (TPSA) is 20.3 Å². The van der Waals surface area contributed by atoms with Crippen LogP contribution < -0.4 is 4.90 Å². The summed E-state index contributed by atoms with van der Waals surface area (Å²) in [5, 5.41) is 0. The predicted molar refractivity (Wildman–Crippen MR) is 76.7 cm³/mol. The molecule has 0 saturated carbocycles. The van der Waals surface area contributed by atoms with E-state index in [2.05, 4.69) is 18.2 Å². The Kier molecular flexibility index (Phi) is 3.07. The van der Waals surface area contributed by atoms with E-state index in [1.807, 2.05) is 41.3 Å². The van der Waals surface area contributed by atoms with Crippen molar-refractivity contribution < 1.29 is 4.79 Å². The summed E-state index contributed by atoms with van der Waals surface area (Å²) in [7, 11) is 0. The van der Waals surface area contributed by atoms with E-state index in [9.17, 15) is 4.79 Å². The third kappa shape index (κ3) is 2.02. The van der Waals surface area contributed by atoms with Crippen LogP contribution in [0.5, 0.6) is 0 Å². The Morgan fingerprint density at radius 3 is 2.39 bits per heavy atom. The second-order valence-corrected chi connectivity index (χ2v) is 5.14. The van der Waals surface area contributed by atoms with E-state index in [1.165, 1.54) is 0 Å². The van der Waals surface area contributed by atoms with Gasteiger partial charge in [0, 0.05) is 5.56 Å². The number of hydrogen-bond donors (Lipinski definition) is 0. The molecule has 0 unspecified atom stereocenters. The molecule has 2 aromatic rings. The summed E-state index contributed by atoms with van der Waals surface area (Å²) in [4.78, 5) is 13.7. The molecular formula is C15H13NOS. The Hall–Kier alpha value is -1.74. The number of hydrogen-bond acceptors (Lipinski definition) is 2. The lowest BCUT2D eigenvalue weighted by molar-refractivity contribution is -0.115. The molecule has 0 N–H and O–H groups in total. The second-order valence-electron chi connectivity index (χ2n) is 4.18. The zero-order chi connectivity index (χ0) is 12.4. The van der Waals surface area contributed by atoms with Crippen molar-refractivity contribution in [2.45, 2.75) is 0 Å². The summed E-state index contributed by atoms with van der Waals surface area (Å²) in [5.74, 6) is 1.54. The van der Waals surface area contributed by atoms with Crippen LogP contribution in [-0.2, 0) is 4.79 Å². The van der Waals surface area contributed by atoms with Crippen molar-refractivity contribution in [2.24, 2.45) is 0 Å². The van der Waals surface area contributed by atoms with E-state index in [1.54, 1.807) is 11.8 Å². The average molecular weight is 255 g/mol. The lowest BCUT2D eigenvalue weighted by atomic mass is 10.0. The Bertz CT molecular complexity index is 568. The van der Waals surface area contributed by atoms with E-state index in [4.69, 9.17) is 0 Å². The molecule has 0 atom stereocenters. The number of rotatable bonds is 2. The van der Waals surface area contributed by atoms with Crippen molar-refractivity contribution in [1.82, 2.24) is 0 Å². The third-order valence-corrected chi connectivity index (χ3v) is 3.92. The average Bonchev–Trinajstić information content (AvgIpc) is 2.86. The zero-order valence-corrected chi connectivity index (χ0v) is 10.7. The van der Waals surface area contributed by atoms with Crippen LogP contribution in [0.4, 0.5) is 5.69 Å². The number of thioether (sulfide) groups is 1. The van der Waals surface area contributed by atoms with Crippen LogP contribution in [0.2, 0.25) is 0 Å². The minimum atomic E-state index is 0.198. The van der Waals surface area contributed by atoms with Gasteiger partial charge in [0.15, 0.2) is 0 Å². The van der Waals surface area contributed by atoms with Gasteiger partial charge in [0.2, 0.25) is 5.91 Å². The normalized spacial score (nSPS) is 15.1. The van der Waals surface area contributed by atoms with E-state index < -0.39 is 0 Å². The highest BCUT2D eigenvalue weighted by molar-refractivity contribution is 8.00. The fourth-order valence-corrected chi connectivity index (χ4v) is 3.04. The van der Waals surface area contributed by atoms with Crippen molar-refractivity contribution in [1.29, 1.82) is 0 Å². The van der Waals surface area contributed by atoms with Gasteiger partial charge < -0.3 is 4.90 Å². The molecule has 1 aliphatic rings. The van der Waals surface area contributed by atoms with Gasteiger partial charge in [-0.2, -0.15) is 0 Å². The van der Waals surface area contributed by atoms with Crippen molar-refractivity contribution in [2.75, 3.05) is 16.5 Å². The molecule has 0 aromatic heterocycles. The third-order valence-electron chi connectivity index (χ3n) is 3.03. The van der Waals surface area contributed by atoms with Gasteiger partial charge in [-0.1, -0.05) is 48.5 Å². The SMILES string of the molecule is O=C1CSCN1c1ccccc1-c1ccccc1. The second kappa shape index (κ2) is 4.86. The number of amides is 1. The molecule has 1 fully saturated rings. The molecule has 3 rings (SSSR count). The fourth-order valence-electron chi connectivity index (χ4n) is 2.15. The molecule has 3 heteroatoms. The maximum absolute atomic E-state index is 11.9. The van der Waals surface area contributed by atoms with E-state index in [0.29, 0.717) is 5.75 Å². The molecule has 1 saturated heterocycles. The number of benzene rings is 2. The molecule has 0 radical (unpaired) electrons. The maximum Gasteiger partial charge on any atom is 0.237 e. The molecule has 1 aliphatic heterocycles. The Balaban J connectivity index is 2.08. The molecule has 18 heavy (non-hydrogen) atoms. The highest BCUT2D eigenvalue weighted by Gasteiger charge is 2.24. The molecule has 2 nitrogen and oxygen atoms in total. The number of carbonyl (C=O) groups is 1. The van der Waals surface area contributed by atoms with Gasteiger partial charge >= 0.3 is 0 Å². The number of anilines is 1. The van der Waals surface area contributed by atoms with Crippen LogP contribution in [-0.4, -0.2) is 17.5 Å². The lowest BCUT2D eigenvalue weighted by Crippen LogP contribution is -2.25. The number of para-hydroxylation sites is 1. The Morgan fingerprint density at radius 2 is 1.67 bits per heavy atom. The van der Waals surface area contributed by atoms with Gasteiger partial charge in [-0.25, -0.2) is 0 Å². The molecule has 0 aliphatic carbocycles. The van der Waals surface area contributed by atoms with E-state index in [-0.39, 0.29) is 5.91 Å². The monoisotopic (exact) mass is 255 g/mol. The molecule has 1 heterocycles. The first-order chi connectivity index (χ1) is 8.86. The summed E-state index contributed by atoms with van der Waals surface area (Å²) in [6.07, 6.45) is 0. The van der Waals surface area contributed by atoms with Crippen LogP contribution in [0.3, 0.4) is 0 Å². The van der Waals surface area contributed by atoms with Crippen LogP contribution in [0.15, 0.2) is 54.6 Å². The van der Waals surface area contributed by atoms with E-state index in [0.717, 1.165) is 22.7 Å².